The second kappa shape index (κ2) is 8.94. The minimum Gasteiger partial charge on any atom is -0.370 e. The van der Waals surface area contributed by atoms with Gasteiger partial charge in [-0.2, -0.15) is 0 Å². The van der Waals surface area contributed by atoms with Gasteiger partial charge < -0.3 is 11.1 Å². The fourth-order valence-corrected chi connectivity index (χ4v) is 3.12. The number of guanidine groups is 1. The molecule has 0 radical (unpaired) electrons. The number of benzene rings is 1. The predicted octanol–water partition coefficient (Wildman–Crippen LogP) is 2.83. The SMILES string of the molecule is I.NC(=N[C@H]1C[C@@H]1C(F)F)NC1CCN(Cc2ccccc2)CC1. The average molecular weight is 450 g/mol. The van der Waals surface area contributed by atoms with Crippen molar-refractivity contribution in [1.82, 2.24) is 10.2 Å². The number of nitrogens with one attached hydrogen (secondary N) is 1. The second-order valence-corrected chi connectivity index (χ2v) is 6.50. The molecule has 3 rings (SSSR count). The molecule has 0 amide bonds. The van der Waals surface area contributed by atoms with E-state index in [1.54, 1.807) is 0 Å². The van der Waals surface area contributed by atoms with Crippen LogP contribution in [0.1, 0.15) is 24.8 Å². The molecule has 0 aromatic heterocycles. The van der Waals surface area contributed by atoms with Gasteiger partial charge in [-0.25, -0.2) is 13.8 Å². The molecule has 1 aliphatic heterocycles. The third-order valence-electron chi connectivity index (χ3n) is 4.62. The normalized spacial score (nSPS) is 25.4. The molecule has 134 valence electrons. The summed E-state index contributed by atoms with van der Waals surface area (Å²) in [5, 5.41) is 3.19. The first-order valence-electron chi connectivity index (χ1n) is 8.26. The molecule has 0 unspecified atom stereocenters. The summed E-state index contributed by atoms with van der Waals surface area (Å²) < 4.78 is 24.9. The molecule has 4 nitrogen and oxygen atoms in total. The van der Waals surface area contributed by atoms with Crippen LogP contribution in [0.15, 0.2) is 35.3 Å². The Morgan fingerprint density at radius 2 is 1.92 bits per heavy atom. The summed E-state index contributed by atoms with van der Waals surface area (Å²) >= 11 is 0. The molecule has 1 heterocycles. The van der Waals surface area contributed by atoms with Crippen LogP contribution in [0.5, 0.6) is 0 Å². The zero-order chi connectivity index (χ0) is 16.2. The van der Waals surface area contributed by atoms with Crippen LogP contribution in [0.4, 0.5) is 8.78 Å². The summed E-state index contributed by atoms with van der Waals surface area (Å²) in [6.07, 6.45) is 0.158. The summed E-state index contributed by atoms with van der Waals surface area (Å²) in [6.45, 7) is 2.97. The number of halogens is 3. The van der Waals surface area contributed by atoms with E-state index in [-0.39, 0.29) is 36.1 Å². The first kappa shape index (κ1) is 19.4. The van der Waals surface area contributed by atoms with Gasteiger partial charge >= 0.3 is 0 Å². The van der Waals surface area contributed by atoms with E-state index >= 15 is 0 Å². The number of hydrogen-bond donors (Lipinski definition) is 2. The molecule has 2 atom stereocenters. The Morgan fingerprint density at radius 1 is 1.25 bits per heavy atom. The molecule has 2 fully saturated rings. The number of likely N-dealkylation sites (tertiary alicyclic amines) is 1. The number of alkyl halides is 2. The Kier molecular flexibility index (Phi) is 7.21. The first-order valence-corrected chi connectivity index (χ1v) is 8.26. The van der Waals surface area contributed by atoms with Crippen molar-refractivity contribution in [3.63, 3.8) is 0 Å². The van der Waals surface area contributed by atoms with Gasteiger partial charge in [-0.15, -0.1) is 24.0 Å². The van der Waals surface area contributed by atoms with Crippen molar-refractivity contribution >= 4 is 29.9 Å². The van der Waals surface area contributed by atoms with Crippen LogP contribution < -0.4 is 11.1 Å². The van der Waals surface area contributed by atoms with Crippen molar-refractivity contribution < 1.29 is 8.78 Å². The van der Waals surface area contributed by atoms with E-state index in [2.05, 4.69) is 39.5 Å². The van der Waals surface area contributed by atoms with Gasteiger partial charge in [-0.05, 0) is 24.8 Å². The van der Waals surface area contributed by atoms with Gasteiger partial charge in [0.1, 0.15) is 0 Å². The van der Waals surface area contributed by atoms with E-state index in [1.165, 1.54) is 5.56 Å². The van der Waals surface area contributed by atoms with Crippen molar-refractivity contribution in [1.29, 1.82) is 0 Å². The van der Waals surface area contributed by atoms with Crippen LogP contribution in [0.25, 0.3) is 0 Å². The van der Waals surface area contributed by atoms with Gasteiger partial charge in [0.05, 0.1) is 6.04 Å². The molecule has 2 aliphatic rings. The second-order valence-electron chi connectivity index (χ2n) is 6.50. The van der Waals surface area contributed by atoms with Gasteiger partial charge in [0.25, 0.3) is 0 Å². The van der Waals surface area contributed by atoms with Crippen molar-refractivity contribution in [3.8, 4) is 0 Å². The van der Waals surface area contributed by atoms with Crippen molar-refractivity contribution in [2.24, 2.45) is 16.6 Å². The number of nitrogens with two attached hydrogens (primary N) is 1. The number of aliphatic imine (C=N–C) groups is 1. The molecular formula is C17H25F2IN4. The van der Waals surface area contributed by atoms with Crippen LogP contribution in [0, 0.1) is 5.92 Å². The lowest BCUT2D eigenvalue weighted by Gasteiger charge is -2.32. The molecule has 1 saturated heterocycles. The van der Waals surface area contributed by atoms with Crippen molar-refractivity contribution in [2.45, 2.75) is 44.3 Å². The highest BCUT2D eigenvalue weighted by Gasteiger charge is 2.44. The largest absolute Gasteiger partial charge is 0.370 e. The van der Waals surface area contributed by atoms with Gasteiger partial charge in [-0.3, -0.25) is 4.90 Å². The highest BCUT2D eigenvalue weighted by molar-refractivity contribution is 14.0. The summed E-state index contributed by atoms with van der Waals surface area (Å²) in [5.74, 6) is -0.275. The summed E-state index contributed by atoms with van der Waals surface area (Å²) in [6, 6.07) is 10.4. The molecule has 1 saturated carbocycles. The third kappa shape index (κ3) is 5.54. The lowest BCUT2D eigenvalue weighted by atomic mass is 10.0. The molecular weight excluding hydrogens is 425 g/mol. The fourth-order valence-electron chi connectivity index (χ4n) is 3.12. The lowest BCUT2D eigenvalue weighted by Crippen LogP contribution is -2.47. The molecule has 0 spiro atoms. The van der Waals surface area contributed by atoms with E-state index in [4.69, 9.17) is 5.73 Å². The first-order chi connectivity index (χ1) is 11.1. The van der Waals surface area contributed by atoms with Crippen molar-refractivity contribution in [3.05, 3.63) is 35.9 Å². The Labute approximate surface area is 158 Å². The van der Waals surface area contributed by atoms with E-state index < -0.39 is 12.3 Å². The average Bonchev–Trinajstić information content (AvgIpc) is 3.29. The molecule has 7 heteroatoms. The Morgan fingerprint density at radius 3 is 2.50 bits per heavy atom. The minimum absolute atomic E-state index is 0. The fraction of sp³-hybridized carbons (Fsp3) is 0.588. The highest BCUT2D eigenvalue weighted by atomic mass is 127. The number of piperidine rings is 1. The highest BCUT2D eigenvalue weighted by Crippen LogP contribution is 2.38. The van der Waals surface area contributed by atoms with Gasteiger partial charge in [0.15, 0.2) is 5.96 Å². The molecule has 1 aromatic rings. The summed E-state index contributed by atoms with van der Waals surface area (Å²) in [4.78, 5) is 6.59. The maximum Gasteiger partial charge on any atom is 0.243 e. The van der Waals surface area contributed by atoms with Gasteiger partial charge in [0, 0.05) is 31.6 Å². The quantitative estimate of drug-likeness (QED) is 0.412. The number of nitrogens with zero attached hydrogens (tertiary/aromatic N) is 2. The molecule has 1 aromatic carbocycles. The lowest BCUT2D eigenvalue weighted by molar-refractivity contribution is 0.121. The number of rotatable bonds is 5. The molecule has 0 bridgehead atoms. The topological polar surface area (TPSA) is 53.6 Å². The monoisotopic (exact) mass is 450 g/mol. The van der Waals surface area contributed by atoms with E-state index in [0.717, 1.165) is 32.5 Å². The predicted molar refractivity (Wildman–Crippen MR) is 103 cm³/mol. The number of hydrogen-bond acceptors (Lipinski definition) is 2. The Hall–Kier alpha value is -0.960. The van der Waals surface area contributed by atoms with Gasteiger partial charge in [-0.1, -0.05) is 30.3 Å². The van der Waals surface area contributed by atoms with Crippen LogP contribution in [-0.4, -0.2) is 42.5 Å². The van der Waals surface area contributed by atoms with Crippen LogP contribution in [0.3, 0.4) is 0 Å². The Bertz CT molecular complexity index is 533. The van der Waals surface area contributed by atoms with E-state index in [9.17, 15) is 8.78 Å². The van der Waals surface area contributed by atoms with Crippen LogP contribution in [-0.2, 0) is 6.54 Å². The van der Waals surface area contributed by atoms with Crippen molar-refractivity contribution in [2.75, 3.05) is 13.1 Å². The zero-order valence-electron chi connectivity index (χ0n) is 13.6. The molecule has 24 heavy (non-hydrogen) atoms. The summed E-state index contributed by atoms with van der Waals surface area (Å²) in [7, 11) is 0. The smallest absolute Gasteiger partial charge is 0.243 e. The van der Waals surface area contributed by atoms with E-state index in [1.807, 2.05) is 6.07 Å². The zero-order valence-corrected chi connectivity index (χ0v) is 15.9. The summed E-state index contributed by atoms with van der Waals surface area (Å²) in [5.41, 5.74) is 7.17. The van der Waals surface area contributed by atoms with Crippen LogP contribution >= 0.6 is 24.0 Å². The minimum atomic E-state index is -2.28. The molecule has 1 aliphatic carbocycles. The maximum atomic E-state index is 12.5. The Balaban J connectivity index is 0.00000208. The van der Waals surface area contributed by atoms with E-state index in [0.29, 0.717) is 12.4 Å². The van der Waals surface area contributed by atoms with Crippen LogP contribution in [0.2, 0.25) is 0 Å². The third-order valence-corrected chi connectivity index (χ3v) is 4.62. The van der Waals surface area contributed by atoms with Gasteiger partial charge in [0.2, 0.25) is 6.43 Å². The molecule has 3 N–H and O–H groups in total. The maximum absolute atomic E-state index is 12.5. The standard InChI is InChI=1S/C17H24F2N4.HI/c18-16(19)14-10-15(14)22-17(20)21-13-6-8-23(9-7-13)11-12-4-2-1-3-5-12;/h1-5,13-16H,6-11H2,(H3,20,21,22);1H/t14-,15-;/m0./s1.